The summed E-state index contributed by atoms with van der Waals surface area (Å²) in [6.07, 6.45) is 1.81. The second-order valence-electron chi connectivity index (χ2n) is 4.17. The third kappa shape index (κ3) is 5.19. The van der Waals surface area contributed by atoms with E-state index in [0.717, 1.165) is 4.43 Å². The fraction of sp³-hybridized carbons (Fsp3) is 0.400. The minimum Gasteiger partial charge on any atom is -0.462 e. The fourth-order valence-electron chi connectivity index (χ4n) is 1.72. The number of carbonyl (C=O) groups excluding carboxylic acids is 1. The van der Waals surface area contributed by atoms with Gasteiger partial charge in [0, 0.05) is 10.8 Å². The number of esters is 1. The third-order valence-electron chi connectivity index (χ3n) is 2.63. The first-order valence-electron chi connectivity index (χ1n) is 6.36. The average molecular weight is 394 g/mol. The molecule has 0 atom stereocenters. The molecule has 0 fully saturated rings. The van der Waals surface area contributed by atoms with Crippen LogP contribution in [0.4, 0.5) is 8.78 Å². The molecule has 0 bridgehead atoms. The Morgan fingerprint density at radius 3 is 2.55 bits per heavy atom. The fourth-order valence-corrected chi connectivity index (χ4v) is 2.03. The van der Waals surface area contributed by atoms with Gasteiger partial charge in [-0.15, -0.1) is 0 Å². The van der Waals surface area contributed by atoms with E-state index in [2.05, 4.69) is 27.3 Å². The Bertz CT molecular complexity index is 458. The van der Waals surface area contributed by atoms with Crippen LogP contribution in [0.2, 0.25) is 0 Å². The summed E-state index contributed by atoms with van der Waals surface area (Å²) in [6, 6.07) is 8.93. The Morgan fingerprint density at radius 1 is 1.35 bits per heavy atom. The maximum atomic E-state index is 13.9. The van der Waals surface area contributed by atoms with E-state index in [9.17, 15) is 13.6 Å². The number of allylic oxidation sites excluding steroid dienone is 2. The minimum atomic E-state index is -3.50. The molecule has 5 heteroatoms. The van der Waals surface area contributed by atoms with Gasteiger partial charge in [0.1, 0.15) is 0 Å². The van der Waals surface area contributed by atoms with Crippen LogP contribution in [0.5, 0.6) is 0 Å². The van der Waals surface area contributed by atoms with E-state index in [1.807, 2.05) is 6.07 Å². The van der Waals surface area contributed by atoms with E-state index in [-0.39, 0.29) is 6.61 Å². The van der Waals surface area contributed by atoms with Crippen molar-refractivity contribution in [2.24, 2.45) is 0 Å². The van der Waals surface area contributed by atoms with Crippen LogP contribution in [0.1, 0.15) is 25.3 Å². The highest BCUT2D eigenvalue weighted by molar-refractivity contribution is 14.1. The van der Waals surface area contributed by atoms with E-state index in [1.165, 1.54) is 6.92 Å². The highest BCUT2D eigenvalue weighted by Crippen LogP contribution is 2.31. The predicted octanol–water partition coefficient (Wildman–Crippen LogP) is 4.48. The standard InChI is InChI=1S/C15H17F2IO2/c1-2-20-14(19)15(16,17)11-13(9-6-10-18)12-7-4-3-5-8-12/h3-5,7-9H,2,6,10-11H2,1H3. The summed E-state index contributed by atoms with van der Waals surface area (Å²) in [4.78, 5) is 11.3. The lowest BCUT2D eigenvalue weighted by atomic mass is 9.98. The maximum Gasteiger partial charge on any atom is 0.377 e. The smallest absolute Gasteiger partial charge is 0.377 e. The van der Waals surface area contributed by atoms with Gasteiger partial charge in [0.15, 0.2) is 0 Å². The van der Waals surface area contributed by atoms with Crippen LogP contribution in [-0.4, -0.2) is 22.9 Å². The van der Waals surface area contributed by atoms with Gasteiger partial charge < -0.3 is 4.74 Å². The van der Waals surface area contributed by atoms with E-state index in [4.69, 9.17) is 0 Å². The van der Waals surface area contributed by atoms with Crippen LogP contribution in [0.15, 0.2) is 36.4 Å². The number of carbonyl (C=O) groups is 1. The molecule has 0 amide bonds. The quantitative estimate of drug-likeness (QED) is 0.387. The summed E-state index contributed by atoms with van der Waals surface area (Å²) in [7, 11) is 0. The van der Waals surface area contributed by atoms with Crippen molar-refractivity contribution in [1.82, 2.24) is 0 Å². The highest BCUT2D eigenvalue weighted by atomic mass is 127. The number of rotatable bonds is 7. The Hall–Kier alpha value is -0.980. The van der Waals surface area contributed by atoms with Gasteiger partial charge >= 0.3 is 11.9 Å². The number of ether oxygens (including phenoxy) is 1. The second kappa shape index (κ2) is 8.34. The molecule has 0 spiro atoms. The van der Waals surface area contributed by atoms with Gasteiger partial charge in [0.25, 0.3) is 0 Å². The molecule has 0 aliphatic heterocycles. The number of hydrogen-bond acceptors (Lipinski definition) is 2. The molecule has 0 N–H and O–H groups in total. The van der Waals surface area contributed by atoms with Crippen LogP contribution in [0, 0.1) is 0 Å². The number of benzene rings is 1. The molecule has 110 valence electrons. The van der Waals surface area contributed by atoms with E-state index >= 15 is 0 Å². The van der Waals surface area contributed by atoms with E-state index < -0.39 is 18.3 Å². The summed E-state index contributed by atoms with van der Waals surface area (Å²) in [6.45, 7) is 1.46. The van der Waals surface area contributed by atoms with Gasteiger partial charge in [-0.05, 0) is 24.5 Å². The van der Waals surface area contributed by atoms with Crippen molar-refractivity contribution in [1.29, 1.82) is 0 Å². The number of halogens is 3. The molecule has 0 heterocycles. The van der Waals surface area contributed by atoms with Crippen LogP contribution in [-0.2, 0) is 9.53 Å². The molecule has 0 unspecified atom stereocenters. The topological polar surface area (TPSA) is 26.3 Å². The Balaban J connectivity index is 2.94. The summed E-state index contributed by atoms with van der Waals surface area (Å²) in [5, 5.41) is 0. The summed E-state index contributed by atoms with van der Waals surface area (Å²) in [5.74, 6) is -4.96. The Labute approximate surface area is 131 Å². The van der Waals surface area contributed by atoms with Gasteiger partial charge in [-0.2, -0.15) is 8.78 Å². The minimum absolute atomic E-state index is 0.0490. The van der Waals surface area contributed by atoms with Crippen molar-refractivity contribution in [3.63, 3.8) is 0 Å². The average Bonchev–Trinajstić information content (AvgIpc) is 2.44. The van der Waals surface area contributed by atoms with Crippen molar-refractivity contribution in [2.45, 2.75) is 25.7 Å². The van der Waals surface area contributed by atoms with Gasteiger partial charge in [0.05, 0.1) is 6.61 Å². The van der Waals surface area contributed by atoms with Crippen molar-refractivity contribution in [3.8, 4) is 0 Å². The molecule has 2 nitrogen and oxygen atoms in total. The molecular formula is C15H17F2IO2. The number of hydrogen-bond donors (Lipinski definition) is 0. The molecule has 0 saturated carbocycles. The molecule has 0 aromatic heterocycles. The van der Waals surface area contributed by atoms with Crippen molar-refractivity contribution >= 4 is 34.1 Å². The van der Waals surface area contributed by atoms with Crippen LogP contribution in [0.25, 0.3) is 5.57 Å². The zero-order valence-corrected chi connectivity index (χ0v) is 13.4. The Kier molecular flexibility index (Phi) is 7.12. The zero-order valence-electron chi connectivity index (χ0n) is 11.2. The van der Waals surface area contributed by atoms with Crippen LogP contribution < -0.4 is 0 Å². The van der Waals surface area contributed by atoms with Crippen molar-refractivity contribution in [3.05, 3.63) is 42.0 Å². The molecule has 0 radical (unpaired) electrons. The number of alkyl halides is 3. The normalized spacial score (nSPS) is 12.3. The highest BCUT2D eigenvalue weighted by Gasteiger charge is 2.41. The van der Waals surface area contributed by atoms with Gasteiger partial charge in [0.2, 0.25) is 0 Å². The zero-order chi connectivity index (χ0) is 15.0. The first kappa shape index (κ1) is 17.1. The van der Waals surface area contributed by atoms with Crippen LogP contribution >= 0.6 is 22.6 Å². The lowest BCUT2D eigenvalue weighted by Gasteiger charge is -2.17. The molecule has 1 aromatic rings. The SMILES string of the molecule is CCOC(=O)C(F)(F)CC(=CCCI)c1ccccc1. The maximum absolute atomic E-state index is 13.9. The molecule has 1 rings (SSSR count). The summed E-state index contributed by atoms with van der Waals surface area (Å²) in [5.41, 5.74) is 1.18. The van der Waals surface area contributed by atoms with Crippen LogP contribution in [0.3, 0.4) is 0 Å². The Morgan fingerprint density at radius 2 is 2.00 bits per heavy atom. The lowest BCUT2D eigenvalue weighted by molar-refractivity contribution is -0.170. The largest absolute Gasteiger partial charge is 0.462 e. The first-order chi connectivity index (χ1) is 9.51. The van der Waals surface area contributed by atoms with E-state index in [1.54, 1.807) is 30.3 Å². The second-order valence-corrected chi connectivity index (χ2v) is 5.25. The van der Waals surface area contributed by atoms with Crippen molar-refractivity contribution in [2.75, 3.05) is 11.0 Å². The van der Waals surface area contributed by atoms with Crippen molar-refractivity contribution < 1.29 is 18.3 Å². The van der Waals surface area contributed by atoms with E-state index in [0.29, 0.717) is 17.6 Å². The molecule has 0 aliphatic rings. The van der Waals surface area contributed by atoms with Gasteiger partial charge in [-0.25, -0.2) is 4.79 Å². The third-order valence-corrected chi connectivity index (χ3v) is 3.25. The monoisotopic (exact) mass is 394 g/mol. The molecule has 0 aliphatic carbocycles. The summed E-state index contributed by atoms with van der Waals surface area (Å²) < 4.78 is 33.0. The lowest BCUT2D eigenvalue weighted by Crippen LogP contribution is -2.31. The van der Waals surface area contributed by atoms with Gasteiger partial charge in [-0.1, -0.05) is 59.0 Å². The van der Waals surface area contributed by atoms with Gasteiger partial charge in [-0.3, -0.25) is 0 Å². The predicted molar refractivity (Wildman–Crippen MR) is 84.1 cm³/mol. The summed E-state index contributed by atoms with van der Waals surface area (Å²) >= 11 is 2.18. The molecule has 20 heavy (non-hydrogen) atoms. The first-order valence-corrected chi connectivity index (χ1v) is 7.89. The molecule has 1 aromatic carbocycles. The molecule has 0 saturated heterocycles. The molecular weight excluding hydrogens is 377 g/mol.